The Morgan fingerprint density at radius 2 is 1.83 bits per heavy atom. The zero-order valence-corrected chi connectivity index (χ0v) is 13.3. The van der Waals surface area contributed by atoms with Gasteiger partial charge in [0.1, 0.15) is 0 Å². The molecule has 7 unspecified atom stereocenters. The molecule has 0 N–H and O–H groups in total. The second-order valence-corrected chi connectivity index (χ2v) is 8.50. The number of fused-ring (bicyclic) bond motifs is 1. The summed E-state index contributed by atoms with van der Waals surface area (Å²) in [6.07, 6.45) is 5.99. The van der Waals surface area contributed by atoms with E-state index in [1.54, 1.807) is 0 Å². The van der Waals surface area contributed by atoms with Crippen LogP contribution < -0.4 is 0 Å². The lowest BCUT2D eigenvalue weighted by Gasteiger charge is -2.56. The first kappa shape index (κ1) is 13.0. The zero-order chi connectivity index (χ0) is 13.3. The van der Waals surface area contributed by atoms with Gasteiger partial charge in [-0.25, -0.2) is 0 Å². The van der Waals surface area contributed by atoms with Crippen LogP contribution in [0.25, 0.3) is 0 Å². The van der Waals surface area contributed by atoms with Crippen LogP contribution in [-0.2, 0) is 0 Å². The molecule has 0 bridgehead atoms. The fourth-order valence-electron chi connectivity index (χ4n) is 6.49. The molecule has 3 saturated carbocycles. The van der Waals surface area contributed by atoms with Gasteiger partial charge in [-0.15, -0.1) is 0 Å². The Kier molecular flexibility index (Phi) is 2.72. The molecule has 0 saturated heterocycles. The highest BCUT2D eigenvalue weighted by Gasteiger charge is 2.75. The normalized spacial score (nSPS) is 55.5. The smallest absolute Gasteiger partial charge is 0.0241 e. The van der Waals surface area contributed by atoms with Gasteiger partial charge < -0.3 is 0 Å². The Morgan fingerprint density at radius 3 is 2.11 bits per heavy atom. The van der Waals surface area contributed by atoms with Crippen molar-refractivity contribution in [3.63, 3.8) is 0 Å². The number of rotatable bonds is 4. The molecule has 3 fully saturated rings. The third kappa shape index (κ3) is 1.33. The molecule has 3 aliphatic rings. The van der Waals surface area contributed by atoms with Gasteiger partial charge in [-0.05, 0) is 72.0 Å². The van der Waals surface area contributed by atoms with Crippen molar-refractivity contribution in [3.8, 4) is 0 Å². The monoisotopic (exact) mass is 248 g/mol. The molecule has 0 radical (unpaired) electrons. The Hall–Kier alpha value is 0. The summed E-state index contributed by atoms with van der Waals surface area (Å²) in [6, 6.07) is 0. The van der Waals surface area contributed by atoms with Gasteiger partial charge in [0.15, 0.2) is 0 Å². The van der Waals surface area contributed by atoms with Crippen molar-refractivity contribution >= 4 is 0 Å². The summed E-state index contributed by atoms with van der Waals surface area (Å²) in [6.45, 7) is 14.9. The van der Waals surface area contributed by atoms with Gasteiger partial charge in [0.25, 0.3) is 0 Å². The molecule has 18 heavy (non-hydrogen) atoms. The van der Waals surface area contributed by atoms with E-state index in [0.717, 1.165) is 40.9 Å². The van der Waals surface area contributed by atoms with Crippen molar-refractivity contribution < 1.29 is 0 Å². The van der Waals surface area contributed by atoms with E-state index >= 15 is 0 Å². The second kappa shape index (κ2) is 3.76. The van der Waals surface area contributed by atoms with E-state index in [4.69, 9.17) is 0 Å². The molecule has 0 spiro atoms. The topological polar surface area (TPSA) is 0 Å². The van der Waals surface area contributed by atoms with Gasteiger partial charge in [-0.1, -0.05) is 41.5 Å². The first-order chi connectivity index (χ1) is 8.38. The molecule has 0 aromatic carbocycles. The molecule has 0 heteroatoms. The van der Waals surface area contributed by atoms with Crippen LogP contribution in [0.5, 0.6) is 0 Å². The van der Waals surface area contributed by atoms with E-state index in [0.29, 0.717) is 5.41 Å². The van der Waals surface area contributed by atoms with Gasteiger partial charge in [0, 0.05) is 0 Å². The van der Waals surface area contributed by atoms with Crippen LogP contribution >= 0.6 is 0 Å². The molecular weight excluding hydrogens is 216 g/mol. The van der Waals surface area contributed by atoms with Gasteiger partial charge in [-0.2, -0.15) is 0 Å². The van der Waals surface area contributed by atoms with Gasteiger partial charge in [0.2, 0.25) is 0 Å². The minimum Gasteiger partial charge on any atom is -0.0648 e. The van der Waals surface area contributed by atoms with E-state index in [1.165, 1.54) is 25.7 Å². The second-order valence-electron chi connectivity index (χ2n) is 8.50. The van der Waals surface area contributed by atoms with E-state index in [9.17, 15) is 0 Å². The van der Waals surface area contributed by atoms with Crippen molar-refractivity contribution in [2.45, 2.75) is 67.2 Å². The van der Waals surface area contributed by atoms with E-state index in [2.05, 4.69) is 41.5 Å². The lowest BCUT2D eigenvalue weighted by Crippen LogP contribution is -2.48. The van der Waals surface area contributed by atoms with Crippen LogP contribution in [0.15, 0.2) is 0 Å². The number of hydrogen-bond acceptors (Lipinski definition) is 0. The Morgan fingerprint density at radius 1 is 1.17 bits per heavy atom. The predicted molar refractivity (Wildman–Crippen MR) is 78.3 cm³/mol. The lowest BCUT2D eigenvalue weighted by atomic mass is 9.49. The first-order valence-corrected chi connectivity index (χ1v) is 8.38. The van der Waals surface area contributed by atoms with Crippen LogP contribution in [0.4, 0.5) is 0 Å². The molecule has 0 heterocycles. The van der Waals surface area contributed by atoms with Crippen molar-refractivity contribution in [2.75, 3.05) is 0 Å². The van der Waals surface area contributed by atoms with Crippen molar-refractivity contribution in [2.24, 2.45) is 46.3 Å². The number of hydrogen-bond donors (Lipinski definition) is 0. The zero-order valence-electron chi connectivity index (χ0n) is 13.3. The highest BCUT2D eigenvalue weighted by Crippen LogP contribution is 2.81. The van der Waals surface area contributed by atoms with Crippen LogP contribution in [0.2, 0.25) is 0 Å². The maximum atomic E-state index is 2.58. The van der Waals surface area contributed by atoms with E-state index in [1.807, 2.05) is 0 Å². The minimum atomic E-state index is 0.707. The van der Waals surface area contributed by atoms with Crippen LogP contribution in [0.3, 0.4) is 0 Å². The Balaban J connectivity index is 1.78. The lowest BCUT2D eigenvalue weighted by molar-refractivity contribution is -0.0656. The van der Waals surface area contributed by atoms with Gasteiger partial charge >= 0.3 is 0 Å². The summed E-state index contributed by atoms with van der Waals surface area (Å²) in [5.74, 6) is 6.08. The quantitative estimate of drug-likeness (QED) is 0.627. The maximum absolute atomic E-state index is 2.58. The molecule has 0 aliphatic heterocycles. The summed E-state index contributed by atoms with van der Waals surface area (Å²) in [5.41, 5.74) is 1.49. The molecule has 3 aliphatic carbocycles. The summed E-state index contributed by atoms with van der Waals surface area (Å²) >= 11 is 0. The van der Waals surface area contributed by atoms with Crippen LogP contribution in [0.1, 0.15) is 67.2 Å². The maximum Gasteiger partial charge on any atom is -0.0241 e. The molecule has 0 aromatic rings. The Bertz CT molecular complexity index is 340. The summed E-state index contributed by atoms with van der Waals surface area (Å²) in [4.78, 5) is 0. The first-order valence-electron chi connectivity index (χ1n) is 8.38. The third-order valence-corrected chi connectivity index (χ3v) is 7.83. The fourth-order valence-corrected chi connectivity index (χ4v) is 6.49. The average Bonchev–Trinajstić information content (AvgIpc) is 2.74. The molecule has 104 valence electrons. The molecule has 0 nitrogen and oxygen atoms in total. The standard InChI is InChI=1S/C18H32/c1-7-18(13(5)11(2)3)9-8-14(18)16-15-12(4)10-17(15,16)6/h11-16H,7-10H2,1-6H3. The van der Waals surface area contributed by atoms with Crippen molar-refractivity contribution in [1.82, 2.24) is 0 Å². The van der Waals surface area contributed by atoms with Crippen LogP contribution in [-0.4, -0.2) is 0 Å². The highest BCUT2D eigenvalue weighted by atomic mass is 14.8. The molecule has 0 aromatic heterocycles. The molecular formula is C18H32. The van der Waals surface area contributed by atoms with Gasteiger partial charge in [-0.3, -0.25) is 0 Å². The van der Waals surface area contributed by atoms with E-state index in [-0.39, 0.29) is 0 Å². The van der Waals surface area contributed by atoms with Gasteiger partial charge in [0.05, 0.1) is 0 Å². The fraction of sp³-hybridized carbons (Fsp3) is 1.00. The van der Waals surface area contributed by atoms with Crippen LogP contribution in [0, 0.1) is 46.3 Å². The summed E-state index contributed by atoms with van der Waals surface area (Å²) < 4.78 is 0. The third-order valence-electron chi connectivity index (χ3n) is 7.83. The minimum absolute atomic E-state index is 0.707. The van der Waals surface area contributed by atoms with Crippen molar-refractivity contribution in [1.29, 1.82) is 0 Å². The molecule has 7 atom stereocenters. The van der Waals surface area contributed by atoms with Crippen molar-refractivity contribution in [3.05, 3.63) is 0 Å². The highest BCUT2D eigenvalue weighted by molar-refractivity contribution is 5.23. The predicted octanol–water partition coefficient (Wildman–Crippen LogP) is 5.38. The van der Waals surface area contributed by atoms with E-state index < -0.39 is 0 Å². The Labute approximate surface area is 114 Å². The summed E-state index contributed by atoms with van der Waals surface area (Å²) in [5, 5.41) is 0. The largest absolute Gasteiger partial charge is 0.0648 e. The molecule has 0 amide bonds. The summed E-state index contributed by atoms with van der Waals surface area (Å²) in [7, 11) is 0. The average molecular weight is 248 g/mol. The molecule has 3 rings (SSSR count). The SMILES string of the molecule is CCC1(C(C)C(C)C)CCC1C1C2C(C)CC21C.